The lowest BCUT2D eigenvalue weighted by atomic mass is 10.1. The molecule has 3 aromatic carbocycles. The molecule has 3 aromatic rings. The topological polar surface area (TPSA) is 105 Å². The number of ether oxygens (including phenoxy) is 2. The summed E-state index contributed by atoms with van der Waals surface area (Å²) in [6.45, 7) is 1.87. The van der Waals surface area contributed by atoms with Crippen molar-refractivity contribution in [1.29, 1.82) is 0 Å². The first-order chi connectivity index (χ1) is 18.3. The standard InChI is InChI=1S/C28H26FN3O6/c1-3-38-27(35)19-6-12-22(13-7-19)32-25(33)16-24(26(32)34)31(17-18-4-8-20(29)9-5-18)28(36)30-21-10-14-23(37-2)15-11-21/h4-15,24H,3,16-17H2,1-2H3,(H,30,36). The maximum Gasteiger partial charge on any atom is 0.338 e. The summed E-state index contributed by atoms with van der Waals surface area (Å²) < 4.78 is 23.6. The Morgan fingerprint density at radius 2 is 1.66 bits per heavy atom. The number of carbonyl (C=O) groups excluding carboxylic acids is 4. The number of nitrogens with one attached hydrogen (secondary N) is 1. The molecule has 196 valence electrons. The van der Waals surface area contributed by atoms with E-state index >= 15 is 0 Å². The minimum absolute atomic E-state index is 0.0401. The number of carbonyl (C=O) groups is 4. The molecule has 1 atom stereocenters. The Labute approximate surface area is 218 Å². The van der Waals surface area contributed by atoms with Crippen LogP contribution in [0.4, 0.5) is 20.6 Å². The molecule has 1 heterocycles. The first-order valence-corrected chi connectivity index (χ1v) is 11.9. The first-order valence-electron chi connectivity index (χ1n) is 11.9. The molecule has 0 saturated carbocycles. The van der Waals surface area contributed by atoms with Crippen LogP contribution in [0, 0.1) is 5.82 Å². The SMILES string of the molecule is CCOC(=O)c1ccc(N2C(=O)CC(N(Cc3ccc(F)cc3)C(=O)Nc3ccc(OC)cc3)C2=O)cc1. The fourth-order valence-electron chi connectivity index (χ4n) is 4.07. The molecule has 0 aliphatic carbocycles. The van der Waals surface area contributed by atoms with Crippen molar-refractivity contribution in [2.75, 3.05) is 23.9 Å². The van der Waals surface area contributed by atoms with Crippen LogP contribution >= 0.6 is 0 Å². The van der Waals surface area contributed by atoms with Gasteiger partial charge in [0.15, 0.2) is 0 Å². The summed E-state index contributed by atoms with van der Waals surface area (Å²) >= 11 is 0. The number of hydrogen-bond donors (Lipinski definition) is 1. The van der Waals surface area contributed by atoms with E-state index in [4.69, 9.17) is 9.47 Å². The molecule has 0 radical (unpaired) electrons. The third-order valence-electron chi connectivity index (χ3n) is 6.00. The maximum absolute atomic E-state index is 13.5. The van der Waals surface area contributed by atoms with Crippen molar-refractivity contribution in [3.63, 3.8) is 0 Å². The van der Waals surface area contributed by atoms with Crippen LogP contribution in [0.25, 0.3) is 0 Å². The van der Waals surface area contributed by atoms with Crippen LogP contribution in [0.3, 0.4) is 0 Å². The molecule has 0 bridgehead atoms. The highest BCUT2D eigenvalue weighted by atomic mass is 19.1. The number of anilines is 2. The van der Waals surface area contributed by atoms with Crippen LogP contribution in [0.5, 0.6) is 5.75 Å². The zero-order chi connectivity index (χ0) is 27.2. The van der Waals surface area contributed by atoms with E-state index in [1.807, 2.05) is 0 Å². The number of esters is 1. The summed E-state index contributed by atoms with van der Waals surface area (Å²) in [5, 5.41) is 2.75. The highest BCUT2D eigenvalue weighted by molar-refractivity contribution is 6.23. The second-order valence-electron chi connectivity index (χ2n) is 8.47. The lowest BCUT2D eigenvalue weighted by Crippen LogP contribution is -2.46. The third kappa shape index (κ3) is 5.80. The van der Waals surface area contributed by atoms with Gasteiger partial charge in [-0.2, -0.15) is 0 Å². The molecule has 0 aromatic heterocycles. The van der Waals surface area contributed by atoms with Gasteiger partial charge in [-0.1, -0.05) is 12.1 Å². The molecule has 38 heavy (non-hydrogen) atoms. The highest BCUT2D eigenvalue weighted by Gasteiger charge is 2.44. The van der Waals surface area contributed by atoms with Gasteiger partial charge >= 0.3 is 12.0 Å². The summed E-state index contributed by atoms with van der Waals surface area (Å²) in [6.07, 6.45) is -0.240. The molecule has 1 fully saturated rings. The fraction of sp³-hybridized carbons (Fsp3) is 0.214. The number of methoxy groups -OCH3 is 1. The van der Waals surface area contributed by atoms with Crippen molar-refractivity contribution in [2.45, 2.75) is 25.9 Å². The number of halogens is 1. The van der Waals surface area contributed by atoms with E-state index in [1.165, 1.54) is 60.5 Å². The molecular weight excluding hydrogens is 493 g/mol. The van der Waals surface area contributed by atoms with Crippen LogP contribution in [0.15, 0.2) is 72.8 Å². The average Bonchev–Trinajstić information content (AvgIpc) is 3.22. The first kappa shape index (κ1) is 26.3. The van der Waals surface area contributed by atoms with E-state index in [2.05, 4.69) is 5.32 Å². The highest BCUT2D eigenvalue weighted by Crippen LogP contribution is 2.28. The zero-order valence-electron chi connectivity index (χ0n) is 20.8. The van der Waals surface area contributed by atoms with E-state index in [1.54, 1.807) is 31.2 Å². The number of nitrogens with zero attached hydrogens (tertiary/aromatic N) is 2. The van der Waals surface area contributed by atoms with Crippen LogP contribution < -0.4 is 15.0 Å². The normalized spacial score (nSPS) is 14.8. The van der Waals surface area contributed by atoms with Crippen molar-refractivity contribution in [3.8, 4) is 5.75 Å². The monoisotopic (exact) mass is 519 g/mol. The van der Waals surface area contributed by atoms with Crippen molar-refractivity contribution in [3.05, 3.63) is 89.7 Å². The fourth-order valence-corrected chi connectivity index (χ4v) is 4.07. The largest absolute Gasteiger partial charge is 0.497 e. The average molecular weight is 520 g/mol. The lowest BCUT2D eigenvalue weighted by molar-refractivity contribution is -0.122. The van der Waals surface area contributed by atoms with Gasteiger partial charge in [-0.25, -0.2) is 18.9 Å². The van der Waals surface area contributed by atoms with E-state index in [9.17, 15) is 23.6 Å². The minimum Gasteiger partial charge on any atom is -0.497 e. The van der Waals surface area contributed by atoms with E-state index in [-0.39, 0.29) is 30.8 Å². The molecular formula is C28H26FN3O6. The molecule has 4 rings (SSSR count). The molecule has 0 spiro atoms. The van der Waals surface area contributed by atoms with Gasteiger partial charge in [0, 0.05) is 12.2 Å². The summed E-state index contributed by atoms with van der Waals surface area (Å²) in [5.41, 5.74) is 1.59. The van der Waals surface area contributed by atoms with Crippen LogP contribution in [0.1, 0.15) is 29.3 Å². The van der Waals surface area contributed by atoms with Crippen molar-refractivity contribution >= 4 is 35.2 Å². The number of amides is 4. The number of urea groups is 1. The predicted molar refractivity (Wildman–Crippen MR) is 137 cm³/mol. The van der Waals surface area contributed by atoms with E-state index in [0.717, 1.165) is 4.90 Å². The van der Waals surface area contributed by atoms with E-state index in [0.29, 0.717) is 17.0 Å². The second-order valence-corrected chi connectivity index (χ2v) is 8.47. The third-order valence-corrected chi connectivity index (χ3v) is 6.00. The van der Waals surface area contributed by atoms with Gasteiger partial charge in [0.05, 0.1) is 31.4 Å². The Morgan fingerprint density at radius 3 is 2.26 bits per heavy atom. The number of imide groups is 1. The zero-order valence-corrected chi connectivity index (χ0v) is 20.8. The van der Waals surface area contributed by atoms with Crippen LogP contribution in [-0.4, -0.2) is 48.5 Å². The van der Waals surface area contributed by atoms with Gasteiger partial charge in [-0.15, -0.1) is 0 Å². The lowest BCUT2D eigenvalue weighted by Gasteiger charge is -2.28. The van der Waals surface area contributed by atoms with Gasteiger partial charge in [-0.3, -0.25) is 9.59 Å². The Kier molecular flexibility index (Phi) is 8.00. The number of hydrogen-bond acceptors (Lipinski definition) is 6. The van der Waals surface area contributed by atoms with Crippen molar-refractivity contribution in [1.82, 2.24) is 4.90 Å². The van der Waals surface area contributed by atoms with Crippen LogP contribution in [0.2, 0.25) is 0 Å². The molecule has 9 nitrogen and oxygen atoms in total. The van der Waals surface area contributed by atoms with Crippen LogP contribution in [-0.2, 0) is 20.9 Å². The number of benzene rings is 3. The van der Waals surface area contributed by atoms with Gasteiger partial charge < -0.3 is 19.7 Å². The summed E-state index contributed by atoms with van der Waals surface area (Å²) in [5.74, 6) is -1.44. The van der Waals surface area contributed by atoms with Crippen molar-refractivity contribution in [2.24, 2.45) is 0 Å². The van der Waals surface area contributed by atoms with Gasteiger partial charge in [-0.05, 0) is 73.2 Å². The summed E-state index contributed by atoms with van der Waals surface area (Å²) in [4.78, 5) is 54.0. The minimum atomic E-state index is -1.10. The van der Waals surface area contributed by atoms with Crippen molar-refractivity contribution < 1.29 is 33.0 Å². The summed E-state index contributed by atoms with van der Waals surface area (Å²) in [6, 6.07) is 16.4. The molecule has 1 N–H and O–H groups in total. The molecule has 1 unspecified atom stereocenters. The second kappa shape index (κ2) is 11.5. The molecule has 1 aliphatic heterocycles. The maximum atomic E-state index is 13.5. The Morgan fingerprint density at radius 1 is 1.00 bits per heavy atom. The number of rotatable bonds is 8. The Bertz CT molecular complexity index is 1330. The molecule has 1 saturated heterocycles. The summed E-state index contributed by atoms with van der Waals surface area (Å²) in [7, 11) is 1.52. The quantitative estimate of drug-likeness (QED) is 0.350. The van der Waals surface area contributed by atoms with E-state index < -0.39 is 35.7 Å². The van der Waals surface area contributed by atoms with Gasteiger partial charge in [0.2, 0.25) is 5.91 Å². The predicted octanol–water partition coefficient (Wildman–Crippen LogP) is 4.38. The smallest absolute Gasteiger partial charge is 0.338 e. The molecule has 1 aliphatic rings. The molecule has 10 heteroatoms. The van der Waals surface area contributed by atoms with Gasteiger partial charge in [0.1, 0.15) is 17.6 Å². The molecule has 4 amide bonds. The Balaban J connectivity index is 1.59. The Hall–Kier alpha value is -4.73. The van der Waals surface area contributed by atoms with Gasteiger partial charge in [0.25, 0.3) is 5.91 Å².